The lowest BCUT2D eigenvalue weighted by Gasteiger charge is -2.28. The van der Waals surface area contributed by atoms with E-state index in [9.17, 15) is 4.79 Å². The minimum Gasteiger partial charge on any atom is -0.412 e. The molecule has 0 radical (unpaired) electrons. The Kier molecular flexibility index (Phi) is 12.1. The third-order valence-corrected chi connectivity index (χ3v) is 6.59. The largest absolute Gasteiger partial charge is 0.412 e. The van der Waals surface area contributed by atoms with Gasteiger partial charge in [-0.05, 0) is 61.4 Å². The van der Waals surface area contributed by atoms with Crippen molar-refractivity contribution in [3.63, 3.8) is 0 Å². The molecule has 6 heteroatoms. The summed E-state index contributed by atoms with van der Waals surface area (Å²) in [6, 6.07) is 17.0. The molecule has 4 rings (SSSR count). The van der Waals surface area contributed by atoms with E-state index >= 15 is 0 Å². The highest BCUT2D eigenvalue weighted by Crippen LogP contribution is 2.22. The third-order valence-electron chi connectivity index (χ3n) is 6.59. The summed E-state index contributed by atoms with van der Waals surface area (Å²) in [6.07, 6.45) is 7.16. The van der Waals surface area contributed by atoms with Crippen LogP contribution in [-0.4, -0.2) is 67.0 Å². The Balaban J connectivity index is 0.00000193. The number of Topliss-reactive ketones (excluding diaryl/α,β-unsaturated/α-hetero) is 1. The van der Waals surface area contributed by atoms with E-state index < -0.39 is 0 Å². The molecule has 1 heterocycles. The number of carbonyl (C=O) groups excluding carboxylic acids is 1. The first-order valence-corrected chi connectivity index (χ1v) is 12.0. The van der Waals surface area contributed by atoms with E-state index in [0.717, 1.165) is 70.8 Å². The number of ether oxygens (including phenoxy) is 1. The monoisotopic (exact) mass is 474 g/mol. The average molecular weight is 475 g/mol. The predicted molar refractivity (Wildman–Crippen MR) is 136 cm³/mol. The summed E-state index contributed by atoms with van der Waals surface area (Å²) in [4.78, 5) is 18.0. The van der Waals surface area contributed by atoms with Crippen LogP contribution in [0.4, 0.5) is 0 Å². The molecule has 2 aromatic rings. The molecule has 0 saturated carbocycles. The molecule has 0 spiro atoms. The summed E-state index contributed by atoms with van der Waals surface area (Å²) in [7, 11) is 0. The van der Waals surface area contributed by atoms with Gasteiger partial charge in [0, 0.05) is 31.7 Å². The van der Waals surface area contributed by atoms with E-state index in [4.69, 9.17) is 4.74 Å². The summed E-state index contributed by atoms with van der Waals surface area (Å²) in [5, 5.41) is 0. The number of morpholine rings is 1. The standard InChI is InChI=1S/C27H36N2O2.ClH.H2O/c30-27(26-13-12-24-10-5-2-6-11-25(24)20-26)22-29(21-23-8-3-1-4-9-23)15-7-14-28-16-18-31-19-17-28;;/h1,3-4,8-9,12-13,20H,2,5-7,10-11,14-19,21-22H2;1H;1H2. The van der Waals surface area contributed by atoms with Crippen molar-refractivity contribution in [1.29, 1.82) is 0 Å². The van der Waals surface area contributed by atoms with E-state index in [1.165, 1.54) is 36.0 Å². The average Bonchev–Trinajstić information content (AvgIpc) is 3.05. The highest BCUT2D eigenvalue weighted by atomic mass is 35.5. The molecule has 1 aliphatic carbocycles. The third kappa shape index (κ3) is 8.51. The van der Waals surface area contributed by atoms with Crippen molar-refractivity contribution in [3.8, 4) is 0 Å². The number of aryl methyl sites for hydroxylation is 2. The zero-order valence-electron chi connectivity index (χ0n) is 19.6. The number of carbonyl (C=O) groups is 1. The first-order valence-electron chi connectivity index (χ1n) is 12.0. The van der Waals surface area contributed by atoms with Gasteiger partial charge in [0.25, 0.3) is 0 Å². The highest BCUT2D eigenvalue weighted by Gasteiger charge is 2.17. The van der Waals surface area contributed by atoms with Crippen LogP contribution in [0.25, 0.3) is 0 Å². The Labute approximate surface area is 204 Å². The van der Waals surface area contributed by atoms with Crippen LogP contribution in [0.5, 0.6) is 0 Å². The Morgan fingerprint density at radius 1 is 0.939 bits per heavy atom. The lowest BCUT2D eigenvalue weighted by molar-refractivity contribution is 0.0360. The van der Waals surface area contributed by atoms with E-state index in [-0.39, 0.29) is 23.7 Å². The molecule has 0 aromatic heterocycles. The van der Waals surface area contributed by atoms with Crippen molar-refractivity contribution in [2.24, 2.45) is 0 Å². The fourth-order valence-corrected chi connectivity index (χ4v) is 4.78. The molecule has 0 bridgehead atoms. The summed E-state index contributed by atoms with van der Waals surface area (Å²) in [5.41, 5.74) is 4.99. The number of benzene rings is 2. The van der Waals surface area contributed by atoms with Crippen molar-refractivity contribution in [3.05, 3.63) is 70.8 Å². The second-order valence-corrected chi connectivity index (χ2v) is 8.97. The molecule has 0 amide bonds. The lowest BCUT2D eigenvalue weighted by atomic mass is 9.98. The Hall–Kier alpha value is -1.76. The van der Waals surface area contributed by atoms with Gasteiger partial charge in [0.1, 0.15) is 0 Å². The highest BCUT2D eigenvalue weighted by molar-refractivity contribution is 5.97. The number of halogens is 1. The van der Waals surface area contributed by atoms with Gasteiger partial charge >= 0.3 is 0 Å². The maximum absolute atomic E-state index is 13.2. The van der Waals surface area contributed by atoms with Crippen LogP contribution in [0.1, 0.15) is 52.7 Å². The van der Waals surface area contributed by atoms with Gasteiger partial charge in [0.05, 0.1) is 19.8 Å². The zero-order chi connectivity index (χ0) is 21.3. The van der Waals surface area contributed by atoms with Crippen LogP contribution in [-0.2, 0) is 24.1 Å². The topological polar surface area (TPSA) is 64.3 Å². The summed E-state index contributed by atoms with van der Waals surface area (Å²) < 4.78 is 5.46. The normalized spacial score (nSPS) is 16.3. The van der Waals surface area contributed by atoms with Gasteiger partial charge in [0.15, 0.2) is 5.78 Å². The van der Waals surface area contributed by atoms with E-state index in [1.54, 1.807) is 0 Å². The molecule has 1 aliphatic heterocycles. The minimum absolute atomic E-state index is 0. The van der Waals surface area contributed by atoms with Crippen LogP contribution in [0.2, 0.25) is 0 Å². The van der Waals surface area contributed by atoms with E-state index in [1.807, 2.05) is 6.07 Å². The number of hydrogen-bond acceptors (Lipinski definition) is 4. The molecule has 182 valence electrons. The molecule has 2 N–H and O–H groups in total. The van der Waals surface area contributed by atoms with Crippen LogP contribution in [0.15, 0.2) is 48.5 Å². The zero-order valence-corrected chi connectivity index (χ0v) is 20.5. The Morgan fingerprint density at radius 2 is 1.67 bits per heavy atom. The van der Waals surface area contributed by atoms with Gasteiger partial charge in [-0.2, -0.15) is 0 Å². The Morgan fingerprint density at radius 3 is 2.42 bits per heavy atom. The van der Waals surface area contributed by atoms with Gasteiger partial charge < -0.3 is 10.2 Å². The maximum Gasteiger partial charge on any atom is 0.176 e. The van der Waals surface area contributed by atoms with Gasteiger partial charge in [-0.25, -0.2) is 0 Å². The molecule has 0 unspecified atom stereocenters. The SMILES string of the molecule is Cl.O.O=C(CN(CCCN1CCOCC1)Cc1ccccc1)c1ccc2c(c1)CCCCC2. The van der Waals surface area contributed by atoms with Crippen LogP contribution >= 0.6 is 12.4 Å². The minimum atomic E-state index is 0. The molecule has 2 aliphatic rings. The van der Waals surface area contributed by atoms with Crippen molar-refractivity contribution in [2.45, 2.75) is 45.1 Å². The first-order chi connectivity index (χ1) is 15.3. The van der Waals surface area contributed by atoms with Crippen LogP contribution in [0, 0.1) is 0 Å². The van der Waals surface area contributed by atoms with Crippen molar-refractivity contribution >= 4 is 18.2 Å². The van der Waals surface area contributed by atoms with Crippen LogP contribution < -0.4 is 0 Å². The second kappa shape index (κ2) is 14.5. The molecule has 33 heavy (non-hydrogen) atoms. The van der Waals surface area contributed by atoms with E-state index in [0.29, 0.717) is 6.54 Å². The fraction of sp³-hybridized carbons (Fsp3) is 0.519. The number of rotatable bonds is 9. The maximum atomic E-state index is 13.2. The van der Waals surface area contributed by atoms with Crippen LogP contribution in [0.3, 0.4) is 0 Å². The molecular weight excluding hydrogens is 436 g/mol. The fourth-order valence-electron chi connectivity index (χ4n) is 4.78. The van der Waals surface area contributed by atoms with Crippen molar-refractivity contribution < 1.29 is 15.0 Å². The van der Waals surface area contributed by atoms with Gasteiger partial charge in [0.2, 0.25) is 0 Å². The smallest absolute Gasteiger partial charge is 0.176 e. The molecule has 1 saturated heterocycles. The number of ketones is 1. The first kappa shape index (κ1) is 27.5. The van der Waals surface area contributed by atoms with Crippen molar-refractivity contribution in [1.82, 2.24) is 9.80 Å². The second-order valence-electron chi connectivity index (χ2n) is 8.97. The number of nitrogens with zero attached hydrogens (tertiary/aromatic N) is 2. The molecule has 2 aromatic carbocycles. The predicted octanol–water partition coefficient (Wildman–Crippen LogP) is 3.96. The summed E-state index contributed by atoms with van der Waals surface area (Å²) in [5.74, 6) is 0.245. The molecule has 5 nitrogen and oxygen atoms in total. The number of hydrogen-bond donors (Lipinski definition) is 0. The summed E-state index contributed by atoms with van der Waals surface area (Å²) >= 11 is 0. The quantitative estimate of drug-likeness (QED) is 0.407. The molecule has 0 atom stereocenters. The lowest BCUT2D eigenvalue weighted by Crippen LogP contribution is -2.38. The van der Waals surface area contributed by atoms with Gasteiger partial charge in [-0.15, -0.1) is 12.4 Å². The van der Waals surface area contributed by atoms with Gasteiger partial charge in [-0.3, -0.25) is 14.6 Å². The Bertz CT molecular complexity index is 841. The summed E-state index contributed by atoms with van der Waals surface area (Å²) in [6.45, 7) is 7.02. The van der Waals surface area contributed by atoms with Gasteiger partial charge in [-0.1, -0.05) is 48.9 Å². The number of fused-ring (bicyclic) bond motifs is 1. The molecular formula is C27H39ClN2O3. The molecule has 1 fully saturated rings. The van der Waals surface area contributed by atoms with E-state index in [2.05, 4.69) is 52.3 Å². The van der Waals surface area contributed by atoms with Crippen molar-refractivity contribution in [2.75, 3.05) is 45.9 Å².